The van der Waals surface area contributed by atoms with E-state index >= 15 is 0 Å². The van der Waals surface area contributed by atoms with Crippen LogP contribution in [0.5, 0.6) is 17.2 Å². The Morgan fingerprint density at radius 2 is 0.933 bits per heavy atom. The number of aliphatic hydroxyl groups is 5. The monoisotopic (exact) mass is 1310 g/mol. The Morgan fingerprint density at radius 1 is 0.611 bits per heavy atom. The number of halogens is 6. The Kier molecular flexibility index (Phi) is 68.2. The summed E-state index contributed by atoms with van der Waals surface area (Å²) < 4.78 is 118. The van der Waals surface area contributed by atoms with E-state index < -0.39 is 61.9 Å². The predicted molar refractivity (Wildman–Crippen MR) is 340 cm³/mol. The van der Waals surface area contributed by atoms with Crippen molar-refractivity contribution in [3.8, 4) is 65.1 Å². The van der Waals surface area contributed by atoms with Crippen molar-refractivity contribution in [3.63, 3.8) is 0 Å². The van der Waals surface area contributed by atoms with Gasteiger partial charge < -0.3 is 63.8 Å². The Labute approximate surface area is 577 Å². The molecule has 1 aliphatic rings. The summed E-state index contributed by atoms with van der Waals surface area (Å²) >= 11 is 0. The van der Waals surface area contributed by atoms with Crippen LogP contribution in [0, 0.1) is 47.9 Å². The molecule has 0 amide bonds. The summed E-state index contributed by atoms with van der Waals surface area (Å²) in [5, 5.41) is 52.7. The fourth-order valence-electron chi connectivity index (χ4n) is 4.89. The van der Waals surface area contributed by atoms with Crippen LogP contribution in [0.25, 0.3) is 0 Å². The molecule has 0 aromatic heterocycles. The van der Waals surface area contributed by atoms with E-state index in [1.807, 2.05) is 78.9 Å². The van der Waals surface area contributed by atoms with Crippen LogP contribution in [0.15, 0.2) is 111 Å². The minimum Gasteiger partial charge on any atom is -0.850 e. The van der Waals surface area contributed by atoms with Crippen LogP contribution in [0.4, 0.5) is 26.3 Å². The number of alkyl halides is 6. The maximum atomic E-state index is 12.8. The third-order valence-corrected chi connectivity index (χ3v) is 8.42. The molecule has 1 fully saturated rings. The Hall–Kier alpha value is -4.74. The number of benzene rings is 3. The summed E-state index contributed by atoms with van der Waals surface area (Å²) in [4.78, 5) is 0. The van der Waals surface area contributed by atoms with Crippen molar-refractivity contribution >= 4 is 0 Å². The Bertz CT molecular complexity index is 2340. The molecular weight excluding hydrogens is 1210 g/mol. The molecule has 90 heavy (non-hydrogen) atoms. The quantitative estimate of drug-likeness (QED) is 0.00802. The zero-order valence-corrected chi connectivity index (χ0v) is 54.4. The van der Waals surface area contributed by atoms with Crippen molar-refractivity contribution in [3.05, 3.63) is 127 Å². The molecule has 0 aliphatic carbocycles. The van der Waals surface area contributed by atoms with E-state index in [0.29, 0.717) is 24.2 Å². The second kappa shape index (κ2) is 60.5. The molecule has 0 radical (unpaired) electrons. The normalized spacial score (nSPS) is 12.0. The van der Waals surface area contributed by atoms with Crippen LogP contribution in [0.3, 0.4) is 0 Å². The summed E-state index contributed by atoms with van der Waals surface area (Å²) in [5.74, 6) is 19.2. The van der Waals surface area contributed by atoms with E-state index in [1.54, 1.807) is 48.5 Å². The van der Waals surface area contributed by atoms with Gasteiger partial charge in [0.15, 0.2) is 0 Å². The van der Waals surface area contributed by atoms with Crippen LogP contribution in [0.1, 0.15) is 122 Å². The van der Waals surface area contributed by atoms with E-state index in [0.717, 1.165) is 42.7 Å². The molecule has 0 bridgehead atoms. The summed E-state index contributed by atoms with van der Waals surface area (Å²) in [5.41, 5.74) is 2.31. The molecule has 3 aromatic rings. The van der Waals surface area contributed by atoms with Gasteiger partial charge in [0, 0.05) is 0 Å². The van der Waals surface area contributed by atoms with Gasteiger partial charge >= 0.3 is 69.9 Å². The summed E-state index contributed by atoms with van der Waals surface area (Å²) in [6.45, 7) is 25.5. The topological polar surface area (TPSA) is 211 Å². The second-order valence-corrected chi connectivity index (χ2v) is 19.2. The third-order valence-electron chi connectivity index (χ3n) is 8.42. The van der Waals surface area contributed by atoms with Crippen molar-refractivity contribution < 1.29 is 151 Å². The maximum absolute atomic E-state index is 12.8. The molecule has 508 valence electrons. The van der Waals surface area contributed by atoms with Crippen LogP contribution < -0.4 is 70.7 Å². The Morgan fingerprint density at radius 3 is 1.24 bits per heavy atom. The zero-order chi connectivity index (χ0) is 65.2. The van der Waals surface area contributed by atoms with Crippen LogP contribution >= 0.6 is 0 Å². The number of hydrogen-bond acceptors (Lipinski definition) is 15. The van der Waals surface area contributed by atoms with Gasteiger partial charge in [0.25, 0.3) is 0 Å². The van der Waals surface area contributed by atoms with Crippen molar-refractivity contribution in [2.45, 2.75) is 172 Å². The number of rotatable bonds is 30. The van der Waals surface area contributed by atoms with Gasteiger partial charge in [-0.1, -0.05) is 125 Å². The fourth-order valence-corrected chi connectivity index (χ4v) is 4.89. The average Bonchev–Trinajstić information content (AvgIpc) is 1.11. The fraction of sp³-hybridized carbons (Fsp3) is 0.529. The first-order valence-corrected chi connectivity index (χ1v) is 26.6. The van der Waals surface area contributed by atoms with Gasteiger partial charge in [0.2, 0.25) is 0 Å². The number of aliphatic hydroxyl groups excluding tert-OH is 3. The first-order chi connectivity index (χ1) is 39.9. The van der Waals surface area contributed by atoms with Crippen molar-refractivity contribution in [2.24, 2.45) is 0 Å². The average molecular weight is 1310 g/mol. The molecule has 0 spiro atoms. The second-order valence-electron chi connectivity index (χ2n) is 19.2. The minimum absolute atomic E-state index is 0. The van der Waals surface area contributed by atoms with Crippen LogP contribution in [-0.2, 0) is 47.7 Å². The first kappa shape index (κ1) is 101. The molecule has 3 unspecified atom stereocenters. The van der Waals surface area contributed by atoms with E-state index in [4.69, 9.17) is 50.2 Å². The molecule has 5 N–H and O–H groups in total. The van der Waals surface area contributed by atoms with Crippen molar-refractivity contribution in [2.75, 3.05) is 66.4 Å². The number of allylic oxidation sites excluding steroid dienone is 3. The largest absolute Gasteiger partial charge is 1.00 e. The number of epoxide rings is 1. The van der Waals surface area contributed by atoms with Gasteiger partial charge in [0.1, 0.15) is 69.0 Å². The van der Waals surface area contributed by atoms with E-state index in [2.05, 4.69) is 87.5 Å². The van der Waals surface area contributed by atoms with Crippen molar-refractivity contribution in [1.29, 1.82) is 0 Å². The number of ether oxygens (including phenoxy) is 9. The molecule has 0 saturated carbocycles. The standard InChI is InChI=1S/C25H32O6.C12H14O2.C9H14F6O3.C9H4.C4H10O.C4H9O.CH4O2.4CH4.K/c1-3-5-20-7-11-24(12-8-20)30-17-22(26)15-28-19-29-16-23(27)18-31-25-13-9-21(6-4-2)10-14-25;1-2-3-10-4-6-11(7-5-10)13-8-12-9-14-12;1-3-5-16-7(10,11)8(12,13)18-9(14,15)17-6-4-2;1-3-5-7-9-8-6-4-2;2*1-4(2,3)5;2-1-3;;;;;/h3-4,7-14,22-23,26-27H,1-2,5-6,15-19H2;2,4-7,12H,1,3,8-9H2;3-6H2,1-2H3;1H,2H3;5H,1-3H3;1-3H3;2-3H,1H2;4*1H4;/q;;;;;-1;;;;;;+1. The van der Waals surface area contributed by atoms with Gasteiger partial charge in [-0.3, -0.25) is 4.74 Å². The summed E-state index contributed by atoms with van der Waals surface area (Å²) in [7, 11) is 0. The van der Waals surface area contributed by atoms with Gasteiger partial charge in [-0.25, -0.2) is 4.74 Å². The van der Waals surface area contributed by atoms with Gasteiger partial charge in [0.05, 0.1) is 38.6 Å². The number of terminal acetylenes is 1. The summed E-state index contributed by atoms with van der Waals surface area (Å²) in [6, 6.07) is 23.4. The zero-order valence-electron chi connectivity index (χ0n) is 51.3. The van der Waals surface area contributed by atoms with E-state index in [9.17, 15) is 41.7 Å². The van der Waals surface area contributed by atoms with Gasteiger partial charge in [-0.05, 0) is 148 Å². The first-order valence-electron chi connectivity index (χ1n) is 26.6. The predicted octanol–water partition coefficient (Wildman–Crippen LogP) is 9.15. The molecule has 1 saturated heterocycles. The van der Waals surface area contributed by atoms with Gasteiger partial charge in [-0.15, -0.1) is 40.5 Å². The molecule has 1 aliphatic heterocycles. The van der Waals surface area contributed by atoms with Gasteiger partial charge in [-0.2, -0.15) is 17.6 Å². The maximum Gasteiger partial charge on any atom is 1.00 e. The summed E-state index contributed by atoms with van der Waals surface area (Å²) in [6.07, 6.45) is -3.73. The van der Waals surface area contributed by atoms with Crippen LogP contribution in [-0.4, -0.2) is 140 Å². The third kappa shape index (κ3) is 67.6. The molecule has 1 heterocycles. The Balaban J connectivity index is -0.000000163. The van der Waals surface area contributed by atoms with E-state index in [1.165, 1.54) is 19.4 Å². The SMILES string of the molecule is C.C.C.C.C#CC#CC#CC#CC.C=CCc1ccc(OCC(O)COCOCC(O)COc2ccc(CC=C)cc2)cc1.C=CCc1ccc(OCC2CO2)cc1.CC(C)(C)O.CC(C)(C)[O-].CCCOC(F)(F)OC(F)(F)C(F)(F)OCCC.OCO.[K+]. The molecule has 4 rings (SSSR count). The molecule has 3 atom stereocenters. The van der Waals surface area contributed by atoms with Crippen LogP contribution in [0.2, 0.25) is 0 Å². The molecule has 15 nitrogen and oxygen atoms in total. The number of hydrogen-bond donors (Lipinski definition) is 5. The molecule has 3 aromatic carbocycles. The minimum atomic E-state index is -5.50. The molecule has 22 heteroatoms. The van der Waals surface area contributed by atoms with Crippen molar-refractivity contribution in [1.82, 2.24) is 0 Å². The van der Waals surface area contributed by atoms with E-state index in [-0.39, 0.29) is 127 Å². The molecular formula is C68H103F6KO15. The smallest absolute Gasteiger partial charge is 0.850 e.